The third kappa shape index (κ3) is 4.98. The van der Waals surface area contributed by atoms with Gasteiger partial charge in [-0.1, -0.05) is 17.7 Å². The quantitative estimate of drug-likeness (QED) is 0.637. The normalized spacial score (nSPS) is 16.5. The van der Waals surface area contributed by atoms with Crippen LogP contribution in [0.4, 0.5) is 5.95 Å². The molecule has 2 aromatic rings. The van der Waals surface area contributed by atoms with Crippen molar-refractivity contribution >= 4 is 23.5 Å². The lowest BCUT2D eigenvalue weighted by molar-refractivity contribution is 0.229. The maximum atomic E-state index is 6.15. The second-order valence-electron chi connectivity index (χ2n) is 6.11. The number of piperazine rings is 1. The Morgan fingerprint density at radius 1 is 1.23 bits per heavy atom. The topological polar surface area (TPSA) is 79.9 Å². The van der Waals surface area contributed by atoms with Crippen molar-refractivity contribution < 1.29 is 4.74 Å². The van der Waals surface area contributed by atoms with Crippen molar-refractivity contribution in [2.75, 3.05) is 37.6 Å². The first-order valence-corrected chi connectivity index (χ1v) is 8.98. The van der Waals surface area contributed by atoms with Gasteiger partial charge in [-0.05, 0) is 31.2 Å². The molecule has 0 saturated carbocycles. The number of halogens is 1. The second-order valence-corrected chi connectivity index (χ2v) is 6.54. The van der Waals surface area contributed by atoms with Gasteiger partial charge in [0.2, 0.25) is 5.95 Å². The average molecular weight is 375 g/mol. The summed E-state index contributed by atoms with van der Waals surface area (Å²) in [6.45, 7) is 5.65. The van der Waals surface area contributed by atoms with Crippen LogP contribution in [0.2, 0.25) is 5.02 Å². The van der Waals surface area contributed by atoms with Gasteiger partial charge in [0.05, 0.1) is 6.54 Å². The van der Waals surface area contributed by atoms with Crippen molar-refractivity contribution in [3.05, 3.63) is 47.7 Å². The molecule has 1 saturated heterocycles. The molecule has 1 aromatic heterocycles. The summed E-state index contributed by atoms with van der Waals surface area (Å²) in [6.07, 6.45) is 3.42. The number of ether oxygens (including phenoxy) is 1. The Balaban J connectivity index is 1.47. The van der Waals surface area contributed by atoms with Crippen molar-refractivity contribution in [2.24, 2.45) is 10.7 Å². The Labute approximate surface area is 158 Å². The molecule has 0 amide bonds. The number of benzene rings is 1. The highest BCUT2D eigenvalue weighted by molar-refractivity contribution is 6.30. The molecule has 26 heavy (non-hydrogen) atoms. The number of nitrogens with two attached hydrogens (primary N) is 1. The molecule has 1 atom stereocenters. The molecule has 1 aliphatic rings. The average Bonchev–Trinajstić information content (AvgIpc) is 2.67. The maximum absolute atomic E-state index is 6.15. The lowest BCUT2D eigenvalue weighted by Crippen LogP contribution is -2.51. The molecule has 2 N–H and O–H groups in total. The van der Waals surface area contributed by atoms with E-state index in [1.807, 2.05) is 31.2 Å². The van der Waals surface area contributed by atoms with E-state index in [1.54, 1.807) is 18.5 Å². The molecule has 0 aliphatic carbocycles. The third-order valence-corrected chi connectivity index (χ3v) is 4.32. The molecule has 1 aromatic carbocycles. The SMILES string of the molecule is CC(CN=C(N)N1CCN(c2ncccn2)CC1)Oc1cccc(Cl)c1. The van der Waals surface area contributed by atoms with Crippen LogP contribution in [0.25, 0.3) is 0 Å². The zero-order chi connectivity index (χ0) is 18.4. The predicted molar refractivity (Wildman–Crippen MR) is 104 cm³/mol. The van der Waals surface area contributed by atoms with Gasteiger partial charge in [0.15, 0.2) is 5.96 Å². The fourth-order valence-electron chi connectivity index (χ4n) is 2.72. The van der Waals surface area contributed by atoms with Crippen molar-refractivity contribution in [1.82, 2.24) is 14.9 Å². The number of aromatic nitrogens is 2. The van der Waals surface area contributed by atoms with Gasteiger partial charge in [0, 0.05) is 43.6 Å². The van der Waals surface area contributed by atoms with E-state index in [1.165, 1.54) is 0 Å². The fraction of sp³-hybridized carbons (Fsp3) is 0.389. The molecule has 0 radical (unpaired) electrons. The van der Waals surface area contributed by atoms with Crippen LogP contribution in [0, 0.1) is 0 Å². The van der Waals surface area contributed by atoms with Gasteiger partial charge >= 0.3 is 0 Å². The van der Waals surface area contributed by atoms with Crippen LogP contribution in [0.1, 0.15) is 6.92 Å². The van der Waals surface area contributed by atoms with E-state index < -0.39 is 0 Å². The monoisotopic (exact) mass is 374 g/mol. The standard InChI is InChI=1S/C18H23ClN6O/c1-14(26-16-5-2-4-15(19)12-16)13-23-17(20)24-8-10-25(11-9-24)18-21-6-3-7-22-18/h2-7,12,14H,8-11,13H2,1H3,(H2,20,23). The molecule has 3 rings (SSSR count). The van der Waals surface area contributed by atoms with Crippen LogP contribution in [0.5, 0.6) is 5.75 Å². The van der Waals surface area contributed by atoms with E-state index in [-0.39, 0.29) is 6.10 Å². The summed E-state index contributed by atoms with van der Waals surface area (Å²) < 4.78 is 5.82. The summed E-state index contributed by atoms with van der Waals surface area (Å²) in [5.41, 5.74) is 6.15. The summed E-state index contributed by atoms with van der Waals surface area (Å²) in [4.78, 5) is 17.3. The Bertz CT molecular complexity index is 733. The Morgan fingerprint density at radius 3 is 2.65 bits per heavy atom. The first kappa shape index (κ1) is 18.3. The van der Waals surface area contributed by atoms with Gasteiger partial charge in [-0.2, -0.15) is 0 Å². The lowest BCUT2D eigenvalue weighted by Gasteiger charge is -2.35. The molecule has 1 unspecified atom stereocenters. The highest BCUT2D eigenvalue weighted by Crippen LogP contribution is 2.18. The number of nitrogens with zero attached hydrogens (tertiary/aromatic N) is 5. The molecule has 0 spiro atoms. The number of guanidine groups is 1. The number of anilines is 1. The summed E-state index contributed by atoms with van der Waals surface area (Å²) in [5.74, 6) is 2.03. The minimum absolute atomic E-state index is 0.0916. The van der Waals surface area contributed by atoms with E-state index in [9.17, 15) is 0 Å². The van der Waals surface area contributed by atoms with Crippen LogP contribution < -0.4 is 15.4 Å². The minimum Gasteiger partial charge on any atom is -0.489 e. The molecule has 1 aliphatic heterocycles. The number of hydrogen-bond acceptors (Lipinski definition) is 5. The third-order valence-electron chi connectivity index (χ3n) is 4.08. The molecule has 7 nitrogen and oxygen atoms in total. The Morgan fingerprint density at radius 2 is 1.96 bits per heavy atom. The first-order chi connectivity index (χ1) is 12.6. The van der Waals surface area contributed by atoms with Crippen molar-refractivity contribution in [1.29, 1.82) is 0 Å². The van der Waals surface area contributed by atoms with Gasteiger partial charge in [0.1, 0.15) is 11.9 Å². The van der Waals surface area contributed by atoms with E-state index in [0.717, 1.165) is 37.9 Å². The summed E-state index contributed by atoms with van der Waals surface area (Å²) in [5, 5.41) is 0.651. The van der Waals surface area contributed by atoms with Gasteiger partial charge in [-0.25, -0.2) is 15.0 Å². The Kier molecular flexibility index (Phi) is 6.12. The van der Waals surface area contributed by atoms with E-state index in [2.05, 4.69) is 24.8 Å². The molecular formula is C18H23ClN6O. The van der Waals surface area contributed by atoms with Crippen molar-refractivity contribution in [2.45, 2.75) is 13.0 Å². The number of hydrogen-bond donors (Lipinski definition) is 1. The second kappa shape index (κ2) is 8.71. The first-order valence-electron chi connectivity index (χ1n) is 8.61. The molecular weight excluding hydrogens is 352 g/mol. The van der Waals surface area contributed by atoms with Crippen molar-refractivity contribution in [3.63, 3.8) is 0 Å². The smallest absolute Gasteiger partial charge is 0.225 e. The maximum Gasteiger partial charge on any atom is 0.225 e. The Hall–Kier alpha value is -2.54. The van der Waals surface area contributed by atoms with Gasteiger partial charge < -0.3 is 20.3 Å². The van der Waals surface area contributed by atoms with Crippen LogP contribution in [-0.2, 0) is 0 Å². The number of aliphatic imine (C=N–C) groups is 1. The van der Waals surface area contributed by atoms with E-state index >= 15 is 0 Å². The van der Waals surface area contributed by atoms with E-state index in [4.69, 9.17) is 22.1 Å². The van der Waals surface area contributed by atoms with Crippen LogP contribution in [0.3, 0.4) is 0 Å². The minimum atomic E-state index is -0.0916. The van der Waals surface area contributed by atoms with Gasteiger partial charge in [-0.15, -0.1) is 0 Å². The fourth-order valence-corrected chi connectivity index (χ4v) is 2.90. The molecule has 1 fully saturated rings. The van der Waals surface area contributed by atoms with Crippen LogP contribution >= 0.6 is 11.6 Å². The van der Waals surface area contributed by atoms with Crippen molar-refractivity contribution in [3.8, 4) is 5.75 Å². The van der Waals surface area contributed by atoms with Gasteiger partial charge in [-0.3, -0.25) is 0 Å². The van der Waals surface area contributed by atoms with E-state index in [0.29, 0.717) is 17.5 Å². The summed E-state index contributed by atoms with van der Waals surface area (Å²) >= 11 is 5.97. The van der Waals surface area contributed by atoms with Crippen LogP contribution in [-0.4, -0.2) is 59.7 Å². The summed E-state index contributed by atoms with van der Waals surface area (Å²) in [6, 6.07) is 9.15. The molecule has 0 bridgehead atoms. The van der Waals surface area contributed by atoms with Crippen LogP contribution in [0.15, 0.2) is 47.7 Å². The number of rotatable bonds is 5. The van der Waals surface area contributed by atoms with Gasteiger partial charge in [0.25, 0.3) is 0 Å². The highest BCUT2D eigenvalue weighted by atomic mass is 35.5. The largest absolute Gasteiger partial charge is 0.489 e. The molecule has 138 valence electrons. The zero-order valence-corrected chi connectivity index (χ0v) is 15.5. The molecule has 8 heteroatoms. The molecule has 2 heterocycles. The summed E-state index contributed by atoms with van der Waals surface area (Å²) in [7, 11) is 0. The lowest BCUT2D eigenvalue weighted by atomic mass is 10.3. The highest BCUT2D eigenvalue weighted by Gasteiger charge is 2.20. The zero-order valence-electron chi connectivity index (χ0n) is 14.8. The predicted octanol–water partition coefficient (Wildman–Crippen LogP) is 2.03.